The normalized spacial score (nSPS) is 12.7. The van der Waals surface area contributed by atoms with E-state index < -0.39 is 0 Å². The lowest BCUT2D eigenvalue weighted by Gasteiger charge is -2.13. The van der Waals surface area contributed by atoms with E-state index in [-0.39, 0.29) is 10.6 Å². The summed E-state index contributed by atoms with van der Waals surface area (Å²) in [6, 6.07) is 15.3. The first kappa shape index (κ1) is 12.8. The zero-order valence-electron chi connectivity index (χ0n) is 10.1. The van der Waals surface area contributed by atoms with E-state index in [0.717, 1.165) is 17.4 Å². The number of rotatable bonds is 3. The summed E-state index contributed by atoms with van der Waals surface area (Å²) in [5, 5.41) is 3.76. The lowest BCUT2D eigenvalue weighted by molar-refractivity contribution is 0.639. The van der Waals surface area contributed by atoms with Crippen LogP contribution in [0.5, 0.6) is 0 Å². The fourth-order valence-corrected chi connectivity index (χ4v) is 3.99. The molecule has 0 aliphatic rings. The Hall–Kier alpha value is -1.19. The Bertz CT molecular complexity index is 691. The van der Waals surface area contributed by atoms with Crippen LogP contribution in [-0.4, -0.2) is 0 Å². The van der Waals surface area contributed by atoms with Gasteiger partial charge in [0.15, 0.2) is 0 Å². The lowest BCUT2D eigenvalue weighted by Crippen LogP contribution is -1.96. The molecule has 3 aromatic rings. The van der Waals surface area contributed by atoms with Crippen molar-refractivity contribution in [2.24, 2.45) is 0 Å². The molecule has 0 radical (unpaired) electrons. The minimum absolute atomic E-state index is 0.157. The van der Waals surface area contributed by atoms with Crippen LogP contribution in [0.1, 0.15) is 15.3 Å². The summed E-state index contributed by atoms with van der Waals surface area (Å²) in [4.78, 5) is 1.53. The third kappa shape index (κ3) is 2.58. The van der Waals surface area contributed by atoms with E-state index in [0.29, 0.717) is 5.39 Å². The molecule has 1 heterocycles. The highest BCUT2D eigenvalue weighted by atomic mass is 79.9. The fourth-order valence-electron chi connectivity index (χ4n) is 2.27. The molecule has 0 spiro atoms. The molecular formula is C16H12BrFS. The van der Waals surface area contributed by atoms with E-state index >= 15 is 0 Å². The topological polar surface area (TPSA) is 0 Å². The smallest absolute Gasteiger partial charge is 0.131 e. The number of halogens is 2. The molecular weight excluding hydrogens is 323 g/mol. The van der Waals surface area contributed by atoms with Gasteiger partial charge in [-0.05, 0) is 34.9 Å². The average molecular weight is 335 g/mol. The summed E-state index contributed by atoms with van der Waals surface area (Å²) in [6.07, 6.45) is 0.924. The summed E-state index contributed by atoms with van der Waals surface area (Å²) in [5.41, 5.74) is 1.14. The van der Waals surface area contributed by atoms with Crippen LogP contribution in [0.4, 0.5) is 4.39 Å². The minimum Gasteiger partial charge on any atom is -0.206 e. The molecule has 0 saturated carbocycles. The average Bonchev–Trinajstić information content (AvgIpc) is 2.92. The zero-order chi connectivity index (χ0) is 13.2. The second kappa shape index (κ2) is 5.43. The number of thiophene rings is 1. The summed E-state index contributed by atoms with van der Waals surface area (Å²) in [7, 11) is 0. The Morgan fingerprint density at radius 1 is 1.00 bits per heavy atom. The van der Waals surface area contributed by atoms with E-state index in [1.807, 2.05) is 30.3 Å². The second-order valence-electron chi connectivity index (χ2n) is 4.43. The van der Waals surface area contributed by atoms with Crippen molar-refractivity contribution in [1.82, 2.24) is 0 Å². The van der Waals surface area contributed by atoms with Crippen LogP contribution in [0.3, 0.4) is 0 Å². The van der Waals surface area contributed by atoms with Crippen LogP contribution in [-0.2, 0) is 6.42 Å². The molecule has 0 amide bonds. The van der Waals surface area contributed by atoms with Crippen molar-refractivity contribution in [1.29, 1.82) is 0 Å². The SMILES string of the molecule is Fc1ccc(C(Br)Cc2cccs2)c2ccccc12. The first-order valence-corrected chi connectivity index (χ1v) is 7.89. The standard InChI is InChI=1S/C16H12BrFS/c17-15(10-11-4-3-9-19-11)13-7-8-16(18)14-6-2-1-5-12(13)14/h1-9,15H,10H2. The van der Waals surface area contributed by atoms with Gasteiger partial charge in [0.25, 0.3) is 0 Å². The number of fused-ring (bicyclic) bond motifs is 1. The monoisotopic (exact) mass is 334 g/mol. The summed E-state index contributed by atoms with van der Waals surface area (Å²) >= 11 is 5.49. The van der Waals surface area contributed by atoms with Crippen molar-refractivity contribution < 1.29 is 4.39 Å². The highest BCUT2D eigenvalue weighted by Gasteiger charge is 2.14. The third-order valence-corrected chi connectivity index (χ3v) is 4.92. The Kier molecular flexibility index (Phi) is 3.67. The highest BCUT2D eigenvalue weighted by molar-refractivity contribution is 9.09. The second-order valence-corrected chi connectivity index (χ2v) is 6.57. The van der Waals surface area contributed by atoms with Gasteiger partial charge in [-0.25, -0.2) is 4.39 Å². The van der Waals surface area contributed by atoms with Crippen LogP contribution in [0, 0.1) is 5.82 Å². The molecule has 2 aromatic carbocycles. The van der Waals surface area contributed by atoms with Crippen molar-refractivity contribution in [3.63, 3.8) is 0 Å². The van der Waals surface area contributed by atoms with Gasteiger partial charge >= 0.3 is 0 Å². The highest BCUT2D eigenvalue weighted by Crippen LogP contribution is 2.34. The van der Waals surface area contributed by atoms with Gasteiger partial charge in [0, 0.05) is 15.1 Å². The number of hydrogen-bond donors (Lipinski definition) is 0. The maximum atomic E-state index is 13.8. The Morgan fingerprint density at radius 2 is 1.79 bits per heavy atom. The lowest BCUT2D eigenvalue weighted by atomic mass is 10.00. The van der Waals surface area contributed by atoms with E-state index in [1.165, 1.54) is 4.88 Å². The molecule has 3 rings (SSSR count). The number of alkyl halides is 1. The fraction of sp³-hybridized carbons (Fsp3) is 0.125. The molecule has 0 aliphatic heterocycles. The summed E-state index contributed by atoms with van der Waals surface area (Å²) in [6.45, 7) is 0. The molecule has 1 atom stereocenters. The molecule has 19 heavy (non-hydrogen) atoms. The molecule has 1 unspecified atom stereocenters. The van der Waals surface area contributed by atoms with Crippen LogP contribution in [0.25, 0.3) is 10.8 Å². The predicted molar refractivity (Wildman–Crippen MR) is 83.6 cm³/mol. The first-order valence-electron chi connectivity index (χ1n) is 6.09. The van der Waals surface area contributed by atoms with Crippen molar-refractivity contribution in [2.75, 3.05) is 0 Å². The molecule has 0 bridgehead atoms. The van der Waals surface area contributed by atoms with Crippen molar-refractivity contribution >= 4 is 38.0 Å². The molecule has 0 nitrogen and oxygen atoms in total. The molecule has 0 N–H and O–H groups in total. The number of benzene rings is 2. The quantitative estimate of drug-likeness (QED) is 0.537. The maximum Gasteiger partial charge on any atom is 0.131 e. The van der Waals surface area contributed by atoms with E-state index in [4.69, 9.17) is 0 Å². The summed E-state index contributed by atoms with van der Waals surface area (Å²) < 4.78 is 13.8. The van der Waals surface area contributed by atoms with Crippen molar-refractivity contribution in [3.8, 4) is 0 Å². The molecule has 1 aromatic heterocycles. The Morgan fingerprint density at radius 3 is 2.53 bits per heavy atom. The zero-order valence-corrected chi connectivity index (χ0v) is 12.5. The van der Waals surface area contributed by atoms with E-state index in [2.05, 4.69) is 33.4 Å². The van der Waals surface area contributed by atoms with Gasteiger partial charge in [0.05, 0.1) is 0 Å². The summed E-state index contributed by atoms with van der Waals surface area (Å²) in [5.74, 6) is -0.157. The van der Waals surface area contributed by atoms with Crippen LogP contribution in [0.15, 0.2) is 53.9 Å². The first-order chi connectivity index (χ1) is 9.25. The molecule has 0 saturated heterocycles. The van der Waals surface area contributed by atoms with Gasteiger partial charge in [-0.3, -0.25) is 0 Å². The van der Waals surface area contributed by atoms with E-state index in [1.54, 1.807) is 17.4 Å². The van der Waals surface area contributed by atoms with Crippen molar-refractivity contribution in [2.45, 2.75) is 11.2 Å². The van der Waals surface area contributed by atoms with Gasteiger partial charge in [-0.15, -0.1) is 11.3 Å². The van der Waals surface area contributed by atoms with Crippen LogP contribution in [0.2, 0.25) is 0 Å². The van der Waals surface area contributed by atoms with Crippen LogP contribution >= 0.6 is 27.3 Å². The Labute approximate surface area is 124 Å². The van der Waals surface area contributed by atoms with Crippen molar-refractivity contribution in [3.05, 3.63) is 70.2 Å². The molecule has 3 heteroatoms. The Balaban J connectivity index is 2.03. The van der Waals surface area contributed by atoms with Crippen LogP contribution < -0.4 is 0 Å². The molecule has 96 valence electrons. The number of hydrogen-bond acceptors (Lipinski definition) is 1. The van der Waals surface area contributed by atoms with Gasteiger partial charge in [-0.1, -0.05) is 52.3 Å². The maximum absolute atomic E-state index is 13.8. The third-order valence-electron chi connectivity index (χ3n) is 3.20. The van der Waals surface area contributed by atoms with E-state index in [9.17, 15) is 4.39 Å². The predicted octanol–water partition coefficient (Wildman–Crippen LogP) is 5.72. The molecule has 0 fully saturated rings. The molecule has 0 aliphatic carbocycles. The largest absolute Gasteiger partial charge is 0.206 e. The van der Waals surface area contributed by atoms with Gasteiger partial charge in [0.2, 0.25) is 0 Å². The van der Waals surface area contributed by atoms with Gasteiger partial charge < -0.3 is 0 Å². The minimum atomic E-state index is -0.157. The van der Waals surface area contributed by atoms with Gasteiger partial charge in [-0.2, -0.15) is 0 Å². The van der Waals surface area contributed by atoms with Gasteiger partial charge in [0.1, 0.15) is 5.82 Å².